The topological polar surface area (TPSA) is 254 Å². The first-order valence-corrected chi connectivity index (χ1v) is 50.7. The average molecular weight is 1930 g/mol. The summed E-state index contributed by atoms with van der Waals surface area (Å²) in [4.78, 5) is 107. The molecule has 0 spiro atoms. The number of piperazine rings is 5. The molecule has 5 aromatic carbocycles. The lowest BCUT2D eigenvalue weighted by atomic mass is 10.1. The summed E-state index contributed by atoms with van der Waals surface area (Å²) in [5.74, 6) is 8.26. The minimum absolute atomic E-state index is 0.413. The van der Waals surface area contributed by atoms with E-state index in [9.17, 15) is 0 Å². The molecule has 15 heterocycles. The Hall–Kier alpha value is -13.7. The number of ether oxygens (including phenoxy) is 1. The number of nitrogens with zero attached hydrogens (tertiary/aromatic N) is 31. The molecule has 1 aliphatic carbocycles. The van der Waals surface area contributed by atoms with Crippen LogP contribution in [0.2, 0.25) is 0 Å². The second-order valence-corrected chi connectivity index (χ2v) is 39.2. The van der Waals surface area contributed by atoms with Crippen LogP contribution in [0.15, 0.2) is 212 Å². The van der Waals surface area contributed by atoms with Gasteiger partial charge in [0.2, 0.25) is 5.95 Å². The summed E-state index contributed by atoms with van der Waals surface area (Å²) >= 11 is 1.60. The quantitative estimate of drug-likeness (QED) is 0.0402. The maximum absolute atomic E-state index is 5.37. The highest BCUT2D eigenvalue weighted by Crippen LogP contribution is 2.40. The number of fused-ring (bicyclic) bond motifs is 5. The Morgan fingerprint density at radius 3 is 0.986 bits per heavy atom. The van der Waals surface area contributed by atoms with Gasteiger partial charge in [-0.05, 0) is 128 Å². The molecule has 0 N–H and O–H groups in total. The van der Waals surface area contributed by atoms with Crippen molar-refractivity contribution in [1.82, 2.24) is 99.3 Å². The highest BCUT2D eigenvalue weighted by Gasteiger charge is 2.31. The Labute approximate surface area is 840 Å². The maximum Gasteiger partial charge on any atom is 0.318 e. The second kappa shape index (κ2) is 46.8. The summed E-state index contributed by atoms with van der Waals surface area (Å²) in [7, 11) is 26.9. The standard InChI is InChI=1S/C23H28N6.C22H29N7.C22H28N6.C21H26N6O.C21H26N6S/c1-27-11-13-29(14-12-27)21-15-19(25-23(26-21)18-8-9-18)16-28(2)20-7-3-5-17-6-4-10-24-22(17)20;1-26(2)22-24-18(15-20(25-22)29-13-11-27(3)12-14-29)16-28(4)19-9-5-7-17-8-6-10-23-21(17)19;1-16-7-8-18-6-5-9-23-21(18)22(16)27(4)15-19-14-20(25-17(2)24-19)28-12-10-26(3)11-13-28;2*1-25-10-12-27(13-11-25)19-14-17(23-21(24-19)28-3)15-26(2)18-8-4-6-16-7-5-9-22-20(16)18/h3-7,10,15,18H,8-9,11-14,16H2,1-2H3;5-10,15H,11-14,16H2,1-4H3;5-9,14H,10-13,15H2,1-4H3;2*4-9,14H,10-13,15H2,1-3H3. The highest BCUT2D eigenvalue weighted by molar-refractivity contribution is 7.98. The van der Waals surface area contributed by atoms with E-state index in [1.807, 2.05) is 93.5 Å². The van der Waals surface area contributed by atoms with Crippen LogP contribution < -0.4 is 58.6 Å². The predicted octanol–water partition coefficient (Wildman–Crippen LogP) is 14.4. The van der Waals surface area contributed by atoms with E-state index in [-0.39, 0.29) is 0 Å². The lowest BCUT2D eigenvalue weighted by Gasteiger charge is -2.33. The minimum atomic E-state index is 0.413. The van der Waals surface area contributed by atoms with Gasteiger partial charge in [0.05, 0.1) is 124 Å². The number of hydrogen-bond donors (Lipinski definition) is 0. The zero-order valence-corrected chi connectivity index (χ0v) is 86.3. The van der Waals surface area contributed by atoms with Crippen LogP contribution in [0.3, 0.4) is 0 Å². The summed E-state index contributed by atoms with van der Waals surface area (Å²) in [6.45, 7) is 28.2. The molecule has 10 aromatic heterocycles. The van der Waals surface area contributed by atoms with Crippen LogP contribution in [0, 0.1) is 13.8 Å². The normalized spacial score (nSPS) is 15.6. The van der Waals surface area contributed by atoms with Crippen molar-refractivity contribution in [2.45, 2.75) is 70.5 Å². The molecule has 740 valence electrons. The first-order chi connectivity index (χ1) is 69.0. The largest absolute Gasteiger partial charge is 0.467 e. The van der Waals surface area contributed by atoms with Crippen molar-refractivity contribution < 1.29 is 4.74 Å². The van der Waals surface area contributed by atoms with E-state index in [1.54, 1.807) is 18.9 Å². The Bertz CT molecular complexity index is 6400. The summed E-state index contributed by atoms with van der Waals surface area (Å²) in [5, 5.41) is 6.58. The van der Waals surface area contributed by atoms with E-state index < -0.39 is 0 Å². The number of aryl methyl sites for hydroxylation is 2. The van der Waals surface area contributed by atoms with Crippen molar-refractivity contribution in [3.05, 3.63) is 253 Å². The summed E-state index contributed by atoms with van der Waals surface area (Å²) in [6.07, 6.45) is 13.7. The lowest BCUT2D eigenvalue weighted by molar-refractivity contribution is 0.311. The second-order valence-electron chi connectivity index (χ2n) is 38.4. The molecular weight excluding hydrogens is 1790 g/mol. The monoisotopic (exact) mass is 1930 g/mol. The van der Waals surface area contributed by atoms with E-state index in [1.165, 1.54) is 18.4 Å². The minimum Gasteiger partial charge on any atom is -0.467 e. The van der Waals surface area contributed by atoms with Crippen LogP contribution in [-0.2, 0) is 32.7 Å². The fraction of sp³-hybridized carbons (Fsp3) is 0.404. The third kappa shape index (κ3) is 25.4. The summed E-state index contributed by atoms with van der Waals surface area (Å²) in [6, 6.07) is 60.9. The Balaban J connectivity index is 0.000000122. The number of thioether (sulfide) groups is 1. The number of aromatic nitrogens is 15. The summed E-state index contributed by atoms with van der Waals surface area (Å²) < 4.78 is 5.37. The number of methoxy groups -OCH3 is 1. The lowest BCUT2D eigenvalue weighted by Crippen LogP contribution is -2.45. The number of para-hydroxylation sites is 4. The van der Waals surface area contributed by atoms with Gasteiger partial charge >= 0.3 is 6.01 Å². The first-order valence-electron chi connectivity index (χ1n) is 49.5. The number of likely N-dealkylation sites (N-methyl/N-ethyl adjacent to an activating group) is 5. The number of anilines is 11. The van der Waals surface area contributed by atoms with Crippen LogP contribution in [0.5, 0.6) is 6.01 Å². The molecule has 5 aliphatic heterocycles. The number of benzene rings is 5. The zero-order chi connectivity index (χ0) is 98.9. The van der Waals surface area contributed by atoms with Crippen molar-refractivity contribution >= 4 is 130 Å². The molecule has 6 aliphatic rings. The predicted molar refractivity (Wildman–Crippen MR) is 582 cm³/mol. The molecule has 32 nitrogen and oxygen atoms in total. The fourth-order valence-corrected chi connectivity index (χ4v) is 19.1. The number of rotatable bonds is 24. The van der Waals surface area contributed by atoms with Crippen molar-refractivity contribution in [2.75, 3.05) is 283 Å². The third-order valence-electron chi connectivity index (χ3n) is 27.2. The maximum atomic E-state index is 5.37. The van der Waals surface area contributed by atoms with Gasteiger partial charge < -0.3 is 83.1 Å². The van der Waals surface area contributed by atoms with Gasteiger partial charge in [0, 0.05) is 274 Å². The van der Waals surface area contributed by atoms with E-state index in [0.717, 1.165) is 307 Å². The molecule has 1 saturated carbocycles. The molecule has 0 unspecified atom stereocenters. The van der Waals surface area contributed by atoms with E-state index >= 15 is 0 Å². The van der Waals surface area contributed by atoms with Gasteiger partial charge in [-0.15, -0.1) is 0 Å². The first kappa shape index (κ1) is 99.9. The molecule has 6 fully saturated rings. The van der Waals surface area contributed by atoms with E-state index in [2.05, 4.69) is 331 Å². The SMILES string of the molecule is CN1CCN(c2cc(CN(C)c3cccc4cccnc34)nc(C3CC3)n2)CC1.CN1CCN(c2cc(CN(C)c3cccc4cccnc34)nc(N(C)C)n2)CC1.COc1nc(CN(C)c2cccc3cccnc23)cc(N2CCN(C)CC2)n1.CSc1nc(CN(C)c2cccc3cccnc23)cc(N2CCN(C)CC2)n1.Cc1nc(CN(C)c2c(C)ccc3cccnc23)cc(N2CCN(C)CC2)n1. The van der Waals surface area contributed by atoms with Crippen molar-refractivity contribution in [3.63, 3.8) is 0 Å². The molecule has 0 amide bonds. The van der Waals surface area contributed by atoms with Crippen LogP contribution in [0.4, 0.5) is 63.5 Å². The number of pyridine rings is 5. The summed E-state index contributed by atoms with van der Waals surface area (Å²) in [5.41, 5.74) is 17.0. The van der Waals surface area contributed by atoms with Gasteiger partial charge in [0.15, 0.2) is 5.16 Å². The fourth-order valence-electron chi connectivity index (χ4n) is 18.7. The zero-order valence-electron chi connectivity index (χ0n) is 85.5. The molecule has 21 rings (SSSR count). The average Bonchev–Trinajstić information content (AvgIpc) is 1.32. The molecule has 5 saturated heterocycles. The van der Waals surface area contributed by atoms with Crippen molar-refractivity contribution in [2.24, 2.45) is 0 Å². The Kier molecular flexibility index (Phi) is 32.9. The molecule has 142 heavy (non-hydrogen) atoms. The molecule has 15 aromatic rings. The molecule has 0 atom stereocenters. The smallest absolute Gasteiger partial charge is 0.318 e. The van der Waals surface area contributed by atoms with Crippen LogP contribution in [0.1, 0.15) is 64.4 Å². The van der Waals surface area contributed by atoms with E-state index in [4.69, 9.17) is 44.6 Å². The molecule has 0 bridgehead atoms. The van der Waals surface area contributed by atoms with Gasteiger partial charge in [-0.1, -0.05) is 103 Å². The molecular formula is C109H137N31OS. The molecule has 33 heteroatoms. The number of hydrogen-bond acceptors (Lipinski definition) is 33. The molecule has 0 radical (unpaired) electrons. The van der Waals surface area contributed by atoms with Gasteiger partial charge in [-0.25, -0.2) is 34.9 Å². The van der Waals surface area contributed by atoms with Gasteiger partial charge in [-0.3, -0.25) is 24.9 Å². The van der Waals surface area contributed by atoms with Gasteiger partial charge in [0.25, 0.3) is 0 Å². The van der Waals surface area contributed by atoms with Gasteiger partial charge in [0.1, 0.15) is 40.7 Å². The Morgan fingerprint density at radius 2 is 0.620 bits per heavy atom. The highest BCUT2D eigenvalue weighted by atomic mass is 32.2. The Morgan fingerprint density at radius 1 is 0.310 bits per heavy atom. The van der Waals surface area contributed by atoms with Crippen molar-refractivity contribution in [3.8, 4) is 6.01 Å². The third-order valence-corrected chi connectivity index (χ3v) is 27.7. The van der Waals surface area contributed by atoms with Crippen LogP contribution in [0.25, 0.3) is 54.5 Å². The van der Waals surface area contributed by atoms with Crippen LogP contribution >= 0.6 is 11.8 Å². The van der Waals surface area contributed by atoms with E-state index in [0.29, 0.717) is 31.6 Å². The van der Waals surface area contributed by atoms with Crippen LogP contribution in [-0.4, -0.2) is 328 Å². The van der Waals surface area contributed by atoms with Crippen molar-refractivity contribution in [1.29, 1.82) is 0 Å². The van der Waals surface area contributed by atoms with Gasteiger partial charge in [-0.2, -0.15) is 15.0 Å².